The Morgan fingerprint density at radius 1 is 0.776 bits per heavy atom. The quantitative estimate of drug-likeness (QED) is 0.137. The van der Waals surface area contributed by atoms with E-state index in [9.17, 15) is 18.0 Å². The fourth-order valence-corrected chi connectivity index (χ4v) is 7.09. The van der Waals surface area contributed by atoms with Gasteiger partial charge in [-0.25, -0.2) is 8.42 Å². The molecule has 0 saturated carbocycles. The Kier molecular flexibility index (Phi) is 12.8. The van der Waals surface area contributed by atoms with E-state index in [1.54, 1.807) is 12.1 Å². The molecule has 1 N–H and O–H groups in total. The van der Waals surface area contributed by atoms with Gasteiger partial charge in [-0.05, 0) is 73.7 Å². The standard InChI is InChI=1S/C39H47N3O6S/c1-7-8-20-40-39(44)35(24-31-12-10-9-11-13-31)41(26-32-16-14-28(2)15-17-32)38(43)27-42(33-22-29(3)21-30(4)23-33)49(45,46)34-18-19-36(47-5)37(25-34)48-6/h9-19,21-23,25,35H,7-8,20,24,26-27H2,1-6H3,(H,40,44)/t35-/m0/s1. The van der Waals surface area contributed by atoms with E-state index >= 15 is 0 Å². The van der Waals surface area contributed by atoms with Crippen LogP contribution in [0, 0.1) is 20.8 Å². The number of carbonyl (C=O) groups excluding carboxylic acids is 2. The van der Waals surface area contributed by atoms with Crippen LogP contribution in [0.1, 0.15) is 47.6 Å². The number of hydrogen-bond acceptors (Lipinski definition) is 6. The van der Waals surface area contributed by atoms with Crippen LogP contribution < -0.4 is 19.1 Å². The molecular formula is C39H47N3O6S. The van der Waals surface area contributed by atoms with Crippen molar-refractivity contribution in [1.29, 1.82) is 0 Å². The number of benzene rings is 4. The Labute approximate surface area is 290 Å². The maximum Gasteiger partial charge on any atom is 0.264 e. The topological polar surface area (TPSA) is 105 Å². The average Bonchev–Trinajstić information content (AvgIpc) is 3.09. The van der Waals surface area contributed by atoms with Crippen molar-refractivity contribution in [1.82, 2.24) is 10.2 Å². The number of sulfonamides is 1. The maximum atomic E-state index is 14.7. The summed E-state index contributed by atoms with van der Waals surface area (Å²) in [5.74, 6) is -0.200. The Balaban J connectivity index is 1.84. The highest BCUT2D eigenvalue weighted by Gasteiger charge is 2.35. The molecule has 2 amide bonds. The molecule has 49 heavy (non-hydrogen) atoms. The van der Waals surface area contributed by atoms with Gasteiger partial charge in [-0.1, -0.05) is 79.6 Å². The molecule has 0 heterocycles. The summed E-state index contributed by atoms with van der Waals surface area (Å²) in [5.41, 5.74) is 4.76. The molecule has 0 unspecified atom stereocenters. The van der Waals surface area contributed by atoms with Crippen LogP contribution in [0.5, 0.6) is 11.5 Å². The normalized spacial score (nSPS) is 11.8. The maximum absolute atomic E-state index is 14.7. The molecule has 0 spiro atoms. The molecule has 0 bridgehead atoms. The van der Waals surface area contributed by atoms with Gasteiger partial charge in [0.05, 0.1) is 24.8 Å². The van der Waals surface area contributed by atoms with Crippen LogP contribution in [0.2, 0.25) is 0 Å². The van der Waals surface area contributed by atoms with E-state index in [1.165, 1.54) is 37.3 Å². The van der Waals surface area contributed by atoms with Crippen LogP contribution in [-0.2, 0) is 32.6 Å². The first-order valence-electron chi connectivity index (χ1n) is 16.5. The van der Waals surface area contributed by atoms with E-state index in [0.717, 1.165) is 45.0 Å². The Bertz CT molecular complexity index is 1810. The van der Waals surface area contributed by atoms with Gasteiger partial charge in [0.2, 0.25) is 11.8 Å². The van der Waals surface area contributed by atoms with Gasteiger partial charge in [0.25, 0.3) is 10.0 Å². The van der Waals surface area contributed by atoms with Gasteiger partial charge >= 0.3 is 0 Å². The molecule has 0 aliphatic heterocycles. The Hall–Kier alpha value is -4.83. The molecule has 4 aromatic rings. The van der Waals surface area contributed by atoms with Crippen LogP contribution in [0.3, 0.4) is 0 Å². The lowest BCUT2D eigenvalue weighted by atomic mass is 10.0. The van der Waals surface area contributed by atoms with E-state index < -0.39 is 28.5 Å². The van der Waals surface area contributed by atoms with Crippen molar-refractivity contribution in [3.05, 3.63) is 119 Å². The summed E-state index contributed by atoms with van der Waals surface area (Å²) in [6.07, 6.45) is 1.94. The highest BCUT2D eigenvalue weighted by Crippen LogP contribution is 2.33. The number of nitrogens with zero attached hydrogens (tertiary/aromatic N) is 2. The van der Waals surface area contributed by atoms with E-state index in [2.05, 4.69) is 5.32 Å². The number of nitrogens with one attached hydrogen (secondary N) is 1. The zero-order chi connectivity index (χ0) is 35.6. The highest BCUT2D eigenvalue weighted by atomic mass is 32.2. The Morgan fingerprint density at radius 3 is 2.04 bits per heavy atom. The van der Waals surface area contributed by atoms with Gasteiger partial charge in [0.15, 0.2) is 11.5 Å². The molecule has 9 nitrogen and oxygen atoms in total. The molecule has 260 valence electrons. The van der Waals surface area contributed by atoms with E-state index in [-0.39, 0.29) is 29.5 Å². The molecule has 0 aliphatic carbocycles. The lowest BCUT2D eigenvalue weighted by molar-refractivity contribution is -0.140. The minimum atomic E-state index is -4.32. The van der Waals surface area contributed by atoms with Gasteiger partial charge in [-0.3, -0.25) is 13.9 Å². The number of ether oxygens (including phenoxy) is 2. The number of anilines is 1. The minimum absolute atomic E-state index is 0.0691. The summed E-state index contributed by atoms with van der Waals surface area (Å²) in [6.45, 7) is 7.80. The van der Waals surface area contributed by atoms with Crippen LogP contribution in [-0.4, -0.2) is 58.5 Å². The van der Waals surface area contributed by atoms with E-state index in [0.29, 0.717) is 18.0 Å². The molecule has 4 aromatic carbocycles. The van der Waals surface area contributed by atoms with Crippen molar-refractivity contribution in [2.75, 3.05) is 31.6 Å². The van der Waals surface area contributed by atoms with Crippen molar-refractivity contribution in [3.8, 4) is 11.5 Å². The van der Waals surface area contributed by atoms with E-state index in [1.807, 2.05) is 88.4 Å². The van der Waals surface area contributed by atoms with Gasteiger partial charge in [0, 0.05) is 25.6 Å². The largest absolute Gasteiger partial charge is 0.493 e. The number of rotatable bonds is 16. The summed E-state index contributed by atoms with van der Waals surface area (Å²) in [4.78, 5) is 30.1. The third-order valence-electron chi connectivity index (χ3n) is 8.29. The molecule has 0 fully saturated rings. The number of carbonyl (C=O) groups is 2. The van der Waals surface area contributed by atoms with Crippen LogP contribution >= 0.6 is 0 Å². The molecule has 0 saturated heterocycles. The fourth-order valence-electron chi connectivity index (χ4n) is 5.68. The number of unbranched alkanes of at least 4 members (excludes halogenated alkanes) is 1. The number of methoxy groups -OCH3 is 2. The number of hydrogen-bond donors (Lipinski definition) is 1. The van der Waals surface area contributed by atoms with Crippen LogP contribution in [0.4, 0.5) is 5.69 Å². The smallest absolute Gasteiger partial charge is 0.264 e. The van der Waals surface area contributed by atoms with Crippen molar-refractivity contribution < 1.29 is 27.5 Å². The van der Waals surface area contributed by atoms with Crippen LogP contribution in [0.25, 0.3) is 0 Å². The van der Waals surface area contributed by atoms with Gasteiger partial charge < -0.3 is 19.7 Å². The summed E-state index contributed by atoms with van der Waals surface area (Å²) < 4.78 is 40.9. The highest BCUT2D eigenvalue weighted by molar-refractivity contribution is 7.92. The third-order valence-corrected chi connectivity index (χ3v) is 10.1. The molecule has 4 rings (SSSR count). The minimum Gasteiger partial charge on any atom is -0.493 e. The fraction of sp³-hybridized carbons (Fsp3) is 0.333. The predicted molar refractivity (Wildman–Crippen MR) is 194 cm³/mol. The molecule has 0 aromatic heterocycles. The first-order chi connectivity index (χ1) is 23.5. The summed E-state index contributed by atoms with van der Waals surface area (Å²) in [5, 5.41) is 3.02. The molecular weight excluding hydrogens is 639 g/mol. The van der Waals surface area contributed by atoms with Crippen molar-refractivity contribution in [2.45, 2.75) is 64.4 Å². The molecule has 0 radical (unpaired) electrons. The lowest BCUT2D eigenvalue weighted by Crippen LogP contribution is -2.53. The van der Waals surface area contributed by atoms with Gasteiger partial charge in [0.1, 0.15) is 12.6 Å². The lowest BCUT2D eigenvalue weighted by Gasteiger charge is -2.34. The van der Waals surface area contributed by atoms with Crippen molar-refractivity contribution >= 4 is 27.5 Å². The average molecular weight is 686 g/mol. The van der Waals surface area contributed by atoms with Crippen molar-refractivity contribution in [3.63, 3.8) is 0 Å². The summed E-state index contributed by atoms with van der Waals surface area (Å²) in [7, 11) is -1.42. The third kappa shape index (κ3) is 9.63. The molecule has 0 aliphatic rings. The molecule has 1 atom stereocenters. The Morgan fingerprint density at radius 2 is 1.43 bits per heavy atom. The first-order valence-corrected chi connectivity index (χ1v) is 17.9. The SMILES string of the molecule is CCCCNC(=O)[C@H](Cc1ccccc1)N(Cc1ccc(C)cc1)C(=O)CN(c1cc(C)cc(C)c1)S(=O)(=O)c1ccc(OC)c(OC)c1. The van der Waals surface area contributed by atoms with Gasteiger partial charge in [-0.2, -0.15) is 0 Å². The second-order valence-corrected chi connectivity index (χ2v) is 14.1. The van der Waals surface area contributed by atoms with E-state index in [4.69, 9.17) is 9.47 Å². The second kappa shape index (κ2) is 17.0. The van der Waals surface area contributed by atoms with Crippen molar-refractivity contribution in [2.24, 2.45) is 0 Å². The zero-order valence-electron chi connectivity index (χ0n) is 29.2. The number of amides is 2. The summed E-state index contributed by atoms with van der Waals surface area (Å²) in [6, 6.07) is 26.1. The monoisotopic (exact) mass is 685 g/mol. The van der Waals surface area contributed by atoms with Gasteiger partial charge in [-0.15, -0.1) is 0 Å². The second-order valence-electron chi connectivity index (χ2n) is 12.2. The number of aryl methyl sites for hydroxylation is 3. The summed E-state index contributed by atoms with van der Waals surface area (Å²) >= 11 is 0. The van der Waals surface area contributed by atoms with Crippen LogP contribution in [0.15, 0.2) is 95.9 Å². The molecule has 10 heteroatoms. The first kappa shape index (κ1) is 37.0. The zero-order valence-corrected chi connectivity index (χ0v) is 30.0. The predicted octanol–water partition coefficient (Wildman–Crippen LogP) is 6.38.